The molecule has 2 aromatic carbocycles. The van der Waals surface area contributed by atoms with Crippen molar-refractivity contribution in [3.05, 3.63) is 52.5 Å². The van der Waals surface area contributed by atoms with E-state index in [0.717, 1.165) is 18.4 Å². The van der Waals surface area contributed by atoms with Gasteiger partial charge in [0.05, 0.1) is 21.3 Å². The highest BCUT2D eigenvalue weighted by atomic mass is 35.5. The monoisotopic (exact) mass is 447 g/mol. The van der Waals surface area contributed by atoms with Gasteiger partial charge in [0, 0.05) is 12.6 Å². The molecule has 1 aromatic heterocycles. The number of rotatable bonds is 4. The number of hydrogen-bond acceptors (Lipinski definition) is 4. The average molecular weight is 448 g/mol. The highest BCUT2D eigenvalue weighted by Crippen LogP contribution is 2.39. The highest BCUT2D eigenvalue weighted by Gasteiger charge is 2.33. The molecule has 4 rings (SSSR count). The van der Waals surface area contributed by atoms with Gasteiger partial charge in [-0.3, -0.25) is 4.79 Å². The summed E-state index contributed by atoms with van der Waals surface area (Å²) in [5.41, 5.74) is 1.66. The zero-order valence-corrected chi connectivity index (χ0v) is 17.8. The van der Waals surface area contributed by atoms with Crippen LogP contribution in [-0.4, -0.2) is 33.6 Å². The van der Waals surface area contributed by atoms with Gasteiger partial charge in [0.2, 0.25) is 0 Å². The van der Waals surface area contributed by atoms with Gasteiger partial charge in [-0.15, -0.1) is 0 Å². The summed E-state index contributed by atoms with van der Waals surface area (Å²) in [7, 11) is 0. The van der Waals surface area contributed by atoms with Crippen molar-refractivity contribution in [2.45, 2.75) is 32.2 Å². The Kier molecular flexibility index (Phi) is 5.80. The molecule has 0 radical (unpaired) electrons. The maximum absolute atomic E-state index is 14.7. The molecule has 3 aromatic rings. The van der Waals surface area contributed by atoms with Crippen LogP contribution in [0.4, 0.5) is 10.2 Å². The molecule has 0 spiro atoms. The van der Waals surface area contributed by atoms with Gasteiger partial charge in [-0.2, -0.15) is 0 Å². The van der Waals surface area contributed by atoms with Crippen LogP contribution in [0.2, 0.25) is 10.0 Å². The minimum atomic E-state index is -0.830. The number of fused-ring (bicyclic) bond motifs is 1. The lowest BCUT2D eigenvalue weighted by Crippen LogP contribution is -2.46. The smallest absolute Gasteiger partial charge is 0.308 e. The van der Waals surface area contributed by atoms with Crippen molar-refractivity contribution < 1.29 is 14.3 Å². The van der Waals surface area contributed by atoms with Crippen LogP contribution in [-0.2, 0) is 4.79 Å². The Morgan fingerprint density at radius 2 is 2.00 bits per heavy atom. The van der Waals surface area contributed by atoms with Crippen molar-refractivity contribution >= 4 is 45.9 Å². The summed E-state index contributed by atoms with van der Waals surface area (Å²) in [5, 5.41) is 10.9. The summed E-state index contributed by atoms with van der Waals surface area (Å²) in [5.74, 6) is -1.25. The second-order valence-corrected chi connectivity index (χ2v) is 8.29. The molecule has 1 fully saturated rings. The maximum Gasteiger partial charge on any atom is 0.308 e. The number of nitrogens with zero attached hydrogens (tertiary/aromatic N) is 3. The molecule has 156 valence electrons. The van der Waals surface area contributed by atoms with E-state index in [1.54, 1.807) is 18.2 Å². The van der Waals surface area contributed by atoms with Crippen molar-refractivity contribution in [3.8, 4) is 11.1 Å². The average Bonchev–Trinajstić information content (AvgIpc) is 2.75. The third-order valence-corrected chi connectivity index (χ3v) is 6.49. The highest BCUT2D eigenvalue weighted by molar-refractivity contribution is 6.42. The zero-order valence-electron chi connectivity index (χ0n) is 16.3. The SMILES string of the molecule is CCC1CCC(C(=O)O)CN1c1ncnc2c(F)ccc(-c3ccc(Cl)c(Cl)c3)c12. The fourth-order valence-electron chi connectivity index (χ4n) is 4.16. The van der Waals surface area contributed by atoms with Gasteiger partial charge in [-0.1, -0.05) is 42.3 Å². The summed E-state index contributed by atoms with van der Waals surface area (Å²) < 4.78 is 14.7. The number of aromatic nitrogens is 2. The van der Waals surface area contributed by atoms with Gasteiger partial charge in [0.25, 0.3) is 0 Å². The number of piperidine rings is 1. The minimum Gasteiger partial charge on any atom is -0.481 e. The third kappa shape index (κ3) is 3.70. The second kappa shape index (κ2) is 8.36. The Morgan fingerprint density at radius 1 is 1.20 bits per heavy atom. The van der Waals surface area contributed by atoms with Gasteiger partial charge >= 0.3 is 5.97 Å². The van der Waals surface area contributed by atoms with Gasteiger partial charge < -0.3 is 10.0 Å². The Balaban J connectivity index is 1.95. The largest absolute Gasteiger partial charge is 0.481 e. The molecule has 0 saturated carbocycles. The first-order valence-corrected chi connectivity index (χ1v) is 10.5. The Hall–Kier alpha value is -2.44. The molecule has 1 N–H and O–H groups in total. The molecule has 5 nitrogen and oxygen atoms in total. The molecular formula is C22H20Cl2FN3O2. The number of carboxylic acids is 1. The molecule has 30 heavy (non-hydrogen) atoms. The summed E-state index contributed by atoms with van der Waals surface area (Å²) in [6, 6.07) is 8.37. The molecule has 1 aliphatic rings. The topological polar surface area (TPSA) is 66.3 Å². The summed E-state index contributed by atoms with van der Waals surface area (Å²) in [4.78, 5) is 22.3. The van der Waals surface area contributed by atoms with Crippen LogP contribution in [0.15, 0.2) is 36.7 Å². The predicted molar refractivity (Wildman–Crippen MR) is 117 cm³/mol. The molecule has 0 amide bonds. The van der Waals surface area contributed by atoms with E-state index in [0.29, 0.717) is 39.8 Å². The number of carboxylic acid groups (broad SMARTS) is 1. The fraction of sp³-hybridized carbons (Fsp3) is 0.318. The van der Waals surface area contributed by atoms with Crippen LogP contribution >= 0.6 is 23.2 Å². The van der Waals surface area contributed by atoms with Gasteiger partial charge in [0.15, 0.2) is 0 Å². The lowest BCUT2D eigenvalue weighted by molar-refractivity contribution is -0.142. The van der Waals surface area contributed by atoms with Crippen molar-refractivity contribution in [1.82, 2.24) is 9.97 Å². The summed E-state index contributed by atoms with van der Waals surface area (Å²) in [6.07, 6.45) is 3.50. The Bertz CT molecular complexity index is 1120. The van der Waals surface area contributed by atoms with Crippen LogP contribution < -0.4 is 4.90 Å². The van der Waals surface area contributed by atoms with Crippen LogP contribution in [0, 0.1) is 11.7 Å². The van der Waals surface area contributed by atoms with Crippen LogP contribution in [0.3, 0.4) is 0 Å². The van der Waals surface area contributed by atoms with Gasteiger partial charge in [-0.25, -0.2) is 14.4 Å². The summed E-state index contributed by atoms with van der Waals surface area (Å²) >= 11 is 12.3. The van der Waals surface area contributed by atoms with Crippen LogP contribution in [0.5, 0.6) is 0 Å². The number of anilines is 1. The molecule has 1 saturated heterocycles. The van der Waals surface area contributed by atoms with Crippen molar-refractivity contribution in [3.63, 3.8) is 0 Å². The molecule has 1 aliphatic heterocycles. The van der Waals surface area contributed by atoms with E-state index in [9.17, 15) is 14.3 Å². The number of hydrogen-bond donors (Lipinski definition) is 1. The zero-order chi connectivity index (χ0) is 21.4. The van der Waals surface area contributed by atoms with Crippen molar-refractivity contribution in [2.24, 2.45) is 5.92 Å². The number of carbonyl (C=O) groups is 1. The van der Waals surface area contributed by atoms with E-state index in [4.69, 9.17) is 23.2 Å². The van der Waals surface area contributed by atoms with E-state index in [2.05, 4.69) is 16.9 Å². The van der Waals surface area contributed by atoms with E-state index in [1.807, 2.05) is 11.0 Å². The summed E-state index contributed by atoms with van der Waals surface area (Å²) in [6.45, 7) is 2.37. The maximum atomic E-state index is 14.7. The van der Waals surface area contributed by atoms with Crippen LogP contribution in [0.25, 0.3) is 22.0 Å². The van der Waals surface area contributed by atoms with Crippen LogP contribution in [0.1, 0.15) is 26.2 Å². The predicted octanol–water partition coefficient (Wildman–Crippen LogP) is 5.82. The van der Waals surface area contributed by atoms with Crippen molar-refractivity contribution in [1.29, 1.82) is 0 Å². The number of halogens is 3. The Labute approximate surface area is 183 Å². The molecule has 2 heterocycles. The quantitative estimate of drug-likeness (QED) is 0.545. The molecule has 0 bridgehead atoms. The van der Waals surface area contributed by atoms with Gasteiger partial charge in [0.1, 0.15) is 23.5 Å². The standard InChI is InChI=1S/C22H20Cl2FN3O2/c1-2-14-5-3-13(22(29)30)10-28(14)21-19-15(12-4-7-16(23)17(24)9-12)6-8-18(25)20(19)26-11-27-21/h4,6-9,11,13-14H,2-3,5,10H2,1H3,(H,29,30). The molecule has 8 heteroatoms. The number of aliphatic carboxylic acids is 1. The second-order valence-electron chi connectivity index (χ2n) is 7.47. The lowest BCUT2D eigenvalue weighted by atomic mass is 9.90. The molecule has 2 atom stereocenters. The molecule has 0 aliphatic carbocycles. The van der Waals surface area contributed by atoms with E-state index in [-0.39, 0.29) is 11.6 Å². The van der Waals surface area contributed by atoms with Gasteiger partial charge in [-0.05, 0) is 48.6 Å². The third-order valence-electron chi connectivity index (χ3n) is 5.75. The fourth-order valence-corrected chi connectivity index (χ4v) is 4.46. The molecular weight excluding hydrogens is 428 g/mol. The number of benzene rings is 2. The Morgan fingerprint density at radius 3 is 2.70 bits per heavy atom. The van der Waals surface area contributed by atoms with E-state index < -0.39 is 17.7 Å². The molecule has 2 unspecified atom stereocenters. The van der Waals surface area contributed by atoms with Crippen molar-refractivity contribution in [2.75, 3.05) is 11.4 Å². The first-order valence-electron chi connectivity index (χ1n) is 9.78. The lowest BCUT2D eigenvalue weighted by Gasteiger charge is -2.39. The minimum absolute atomic E-state index is 0.114. The van der Waals surface area contributed by atoms with E-state index in [1.165, 1.54) is 12.4 Å². The first-order chi connectivity index (χ1) is 14.4. The van der Waals surface area contributed by atoms with E-state index >= 15 is 0 Å². The normalized spacial score (nSPS) is 19.3. The first kappa shape index (κ1) is 20.8.